The van der Waals surface area contributed by atoms with Gasteiger partial charge in [0.2, 0.25) is 0 Å². The Morgan fingerprint density at radius 1 is 1.30 bits per heavy atom. The van der Waals surface area contributed by atoms with Gasteiger partial charge in [-0.05, 0) is 51.9 Å². The third-order valence-electron chi connectivity index (χ3n) is 2.94. The summed E-state index contributed by atoms with van der Waals surface area (Å²) in [6.45, 7) is 0. The van der Waals surface area contributed by atoms with Crippen LogP contribution in [0.25, 0.3) is 0 Å². The van der Waals surface area contributed by atoms with Gasteiger partial charge in [-0.25, -0.2) is 0 Å². The molecule has 3 nitrogen and oxygen atoms in total. The maximum Gasteiger partial charge on any atom is 0.253 e. The van der Waals surface area contributed by atoms with Crippen LogP contribution in [0.2, 0.25) is 5.02 Å². The lowest BCUT2D eigenvalue weighted by Crippen LogP contribution is -2.23. The van der Waals surface area contributed by atoms with E-state index >= 15 is 0 Å². The predicted octanol–water partition coefficient (Wildman–Crippen LogP) is 3.63. The molecule has 0 atom stereocenters. The van der Waals surface area contributed by atoms with Crippen LogP contribution in [-0.4, -0.2) is 29.9 Å². The Hall–Kier alpha value is -1.14. The first kappa shape index (κ1) is 15.3. The highest BCUT2D eigenvalue weighted by atomic mass is 127. The number of pyridine rings is 1. The molecule has 2 rings (SSSR count). The first-order valence-electron chi connectivity index (χ1n) is 6.07. The number of rotatable bonds is 3. The normalized spacial score (nSPS) is 10.4. The number of amides is 1. The number of carbonyl (C=O) groups is 1. The zero-order chi connectivity index (χ0) is 14.7. The third-order valence-corrected chi connectivity index (χ3v) is 3.96. The summed E-state index contributed by atoms with van der Waals surface area (Å²) in [4.78, 5) is 17.8. The molecular weight excluding hydrogens is 387 g/mol. The van der Waals surface area contributed by atoms with Crippen molar-refractivity contribution in [3.05, 3.63) is 61.9 Å². The van der Waals surface area contributed by atoms with Gasteiger partial charge in [-0.1, -0.05) is 17.7 Å². The lowest BCUT2D eigenvalue weighted by Gasteiger charge is -2.14. The maximum atomic E-state index is 12.2. The summed E-state index contributed by atoms with van der Waals surface area (Å²) in [6.07, 6.45) is 3.96. The summed E-state index contributed by atoms with van der Waals surface area (Å²) in [5.74, 6) is -0.0240. The largest absolute Gasteiger partial charge is 0.345 e. The summed E-state index contributed by atoms with van der Waals surface area (Å²) in [6, 6.07) is 7.66. The zero-order valence-corrected chi connectivity index (χ0v) is 14.1. The van der Waals surface area contributed by atoms with Crippen LogP contribution in [0.4, 0.5) is 0 Å². The standard InChI is InChI=1S/C15H14ClIN2O/c1-19(2)15(20)13-5-6-18-9-11(13)7-10-3-4-12(17)8-14(10)16/h3-6,8-9H,7H2,1-2H3. The molecular formula is C15H14ClIN2O. The number of benzene rings is 1. The number of hydrogen-bond donors (Lipinski definition) is 0. The van der Waals surface area contributed by atoms with Crippen LogP contribution < -0.4 is 0 Å². The average molecular weight is 401 g/mol. The van der Waals surface area contributed by atoms with Gasteiger partial charge in [-0.15, -0.1) is 0 Å². The number of halogens is 2. The quantitative estimate of drug-likeness (QED) is 0.737. The van der Waals surface area contributed by atoms with Crippen molar-refractivity contribution in [3.8, 4) is 0 Å². The minimum atomic E-state index is -0.0240. The fourth-order valence-corrected chi connectivity index (χ4v) is 2.81. The monoisotopic (exact) mass is 400 g/mol. The summed E-state index contributed by atoms with van der Waals surface area (Å²) in [5, 5.41) is 0.712. The second-order valence-electron chi connectivity index (χ2n) is 4.64. The van der Waals surface area contributed by atoms with Gasteiger partial charge in [0.05, 0.1) is 0 Å². The Morgan fingerprint density at radius 3 is 2.70 bits per heavy atom. The second kappa shape index (κ2) is 6.54. The van der Waals surface area contributed by atoms with Crippen LogP contribution in [0.5, 0.6) is 0 Å². The Kier molecular flexibility index (Phi) is 4.99. The predicted molar refractivity (Wildman–Crippen MR) is 89.2 cm³/mol. The molecule has 1 heterocycles. The van der Waals surface area contributed by atoms with Gasteiger partial charge in [0.15, 0.2) is 0 Å². The van der Waals surface area contributed by atoms with Crippen molar-refractivity contribution in [3.63, 3.8) is 0 Å². The minimum absolute atomic E-state index is 0.0240. The van der Waals surface area contributed by atoms with E-state index in [1.165, 1.54) is 0 Å². The molecule has 0 bridgehead atoms. The van der Waals surface area contributed by atoms with Gasteiger partial charge in [0.25, 0.3) is 5.91 Å². The summed E-state index contributed by atoms with van der Waals surface area (Å²) >= 11 is 8.47. The molecule has 0 unspecified atom stereocenters. The van der Waals surface area contributed by atoms with E-state index in [4.69, 9.17) is 11.6 Å². The minimum Gasteiger partial charge on any atom is -0.345 e. The van der Waals surface area contributed by atoms with E-state index in [0.29, 0.717) is 17.0 Å². The number of aromatic nitrogens is 1. The Morgan fingerprint density at radius 2 is 2.05 bits per heavy atom. The van der Waals surface area contributed by atoms with Crippen molar-refractivity contribution in [1.82, 2.24) is 9.88 Å². The molecule has 5 heteroatoms. The van der Waals surface area contributed by atoms with Gasteiger partial charge in [0, 0.05) is 47.1 Å². The molecule has 20 heavy (non-hydrogen) atoms. The van der Waals surface area contributed by atoms with Crippen molar-refractivity contribution >= 4 is 40.1 Å². The molecule has 1 aromatic heterocycles. The molecule has 0 aliphatic carbocycles. The van der Waals surface area contributed by atoms with Crippen LogP contribution >= 0.6 is 34.2 Å². The first-order valence-corrected chi connectivity index (χ1v) is 7.53. The average Bonchev–Trinajstić information content (AvgIpc) is 2.41. The molecule has 1 aromatic carbocycles. The van der Waals surface area contributed by atoms with Crippen molar-refractivity contribution in [2.45, 2.75) is 6.42 Å². The highest BCUT2D eigenvalue weighted by Gasteiger charge is 2.14. The summed E-state index contributed by atoms with van der Waals surface area (Å²) in [7, 11) is 3.48. The van der Waals surface area contributed by atoms with Crippen LogP contribution in [0.1, 0.15) is 21.5 Å². The summed E-state index contributed by atoms with van der Waals surface area (Å²) < 4.78 is 1.09. The van der Waals surface area contributed by atoms with Crippen molar-refractivity contribution < 1.29 is 4.79 Å². The highest BCUT2D eigenvalue weighted by molar-refractivity contribution is 14.1. The van der Waals surface area contributed by atoms with Crippen LogP contribution in [-0.2, 0) is 6.42 Å². The SMILES string of the molecule is CN(C)C(=O)c1ccncc1Cc1ccc(I)cc1Cl. The molecule has 0 N–H and O–H groups in total. The highest BCUT2D eigenvalue weighted by Crippen LogP contribution is 2.23. The Labute approximate surface area is 137 Å². The molecule has 0 aliphatic rings. The van der Waals surface area contributed by atoms with Gasteiger partial charge < -0.3 is 4.90 Å². The van der Waals surface area contributed by atoms with E-state index in [1.807, 2.05) is 18.2 Å². The second-order valence-corrected chi connectivity index (χ2v) is 6.30. The molecule has 2 aromatic rings. The molecule has 0 fully saturated rings. The molecule has 1 amide bonds. The van der Waals surface area contributed by atoms with Crippen LogP contribution in [0, 0.1) is 3.57 Å². The van der Waals surface area contributed by atoms with Crippen LogP contribution in [0.3, 0.4) is 0 Å². The zero-order valence-electron chi connectivity index (χ0n) is 11.2. The smallest absolute Gasteiger partial charge is 0.253 e. The van der Waals surface area contributed by atoms with Gasteiger partial charge >= 0.3 is 0 Å². The molecule has 0 saturated heterocycles. The summed E-state index contributed by atoms with van der Waals surface area (Å²) in [5.41, 5.74) is 2.54. The molecule has 0 radical (unpaired) electrons. The van der Waals surface area contributed by atoms with E-state index in [2.05, 4.69) is 27.6 Å². The van der Waals surface area contributed by atoms with Crippen molar-refractivity contribution in [2.24, 2.45) is 0 Å². The van der Waals surface area contributed by atoms with Gasteiger partial charge in [-0.2, -0.15) is 0 Å². The van der Waals surface area contributed by atoms with Gasteiger partial charge in [-0.3, -0.25) is 9.78 Å². The first-order chi connectivity index (χ1) is 9.49. The maximum absolute atomic E-state index is 12.2. The molecule has 0 saturated carbocycles. The lowest BCUT2D eigenvalue weighted by molar-refractivity contribution is 0.0826. The number of carbonyl (C=O) groups excluding carboxylic acids is 1. The fourth-order valence-electron chi connectivity index (χ4n) is 1.89. The number of nitrogens with zero attached hydrogens (tertiary/aromatic N) is 2. The number of hydrogen-bond acceptors (Lipinski definition) is 2. The topological polar surface area (TPSA) is 33.2 Å². The van der Waals surface area contributed by atoms with E-state index in [-0.39, 0.29) is 5.91 Å². The van der Waals surface area contributed by atoms with E-state index in [9.17, 15) is 4.79 Å². The van der Waals surface area contributed by atoms with E-state index in [0.717, 1.165) is 14.7 Å². The third kappa shape index (κ3) is 3.49. The lowest BCUT2D eigenvalue weighted by atomic mass is 10.0. The van der Waals surface area contributed by atoms with E-state index < -0.39 is 0 Å². The Balaban J connectivity index is 2.36. The van der Waals surface area contributed by atoms with Gasteiger partial charge in [0.1, 0.15) is 0 Å². The Bertz CT molecular complexity index is 644. The molecule has 0 spiro atoms. The molecule has 104 valence electrons. The van der Waals surface area contributed by atoms with Crippen LogP contribution in [0.15, 0.2) is 36.7 Å². The van der Waals surface area contributed by atoms with Crippen molar-refractivity contribution in [1.29, 1.82) is 0 Å². The van der Waals surface area contributed by atoms with Crippen molar-refractivity contribution in [2.75, 3.05) is 14.1 Å². The fraction of sp³-hybridized carbons (Fsp3) is 0.200. The molecule has 0 aliphatic heterocycles. The van der Waals surface area contributed by atoms with E-state index in [1.54, 1.807) is 37.5 Å².